The summed E-state index contributed by atoms with van der Waals surface area (Å²) in [4.78, 5) is 24.1. The van der Waals surface area contributed by atoms with Crippen molar-refractivity contribution in [1.29, 1.82) is 0 Å². The number of aryl methyl sites for hydroxylation is 2. The molecule has 3 aromatic rings. The van der Waals surface area contributed by atoms with Crippen LogP contribution in [0.5, 0.6) is 0 Å². The lowest BCUT2D eigenvalue weighted by molar-refractivity contribution is -0.116. The fraction of sp³-hybridized carbons (Fsp3) is 0.130. The van der Waals surface area contributed by atoms with Crippen LogP contribution in [0.25, 0.3) is 11.1 Å². The molecule has 0 aliphatic heterocycles. The van der Waals surface area contributed by atoms with Gasteiger partial charge in [0.15, 0.2) is 0 Å². The lowest BCUT2D eigenvalue weighted by atomic mass is 9.98. The number of aromatic carboxylic acids is 1. The Morgan fingerprint density at radius 1 is 0.966 bits per heavy atom. The lowest BCUT2D eigenvalue weighted by Crippen LogP contribution is -2.15. The summed E-state index contributed by atoms with van der Waals surface area (Å²) in [5.41, 5.74) is 3.98. The number of amides is 1. The Bertz CT molecular complexity index is 1080. The lowest BCUT2D eigenvalue weighted by Gasteiger charge is -2.12. The Labute approximate surface area is 179 Å². The first-order valence-electron chi connectivity index (χ1n) is 9.02. The first-order chi connectivity index (χ1) is 13.8. The van der Waals surface area contributed by atoms with Crippen molar-refractivity contribution in [2.24, 2.45) is 0 Å². The summed E-state index contributed by atoms with van der Waals surface area (Å²) < 4.78 is 0. The van der Waals surface area contributed by atoms with Gasteiger partial charge in [-0.2, -0.15) is 0 Å². The molecule has 2 N–H and O–H groups in total. The number of carboxylic acids is 1. The maximum absolute atomic E-state index is 12.4. The SMILES string of the molecule is Cc1ccccc1-c1ccc(NC(=O)CCc2ccc(Cl)c(Cl)c2)c(C(=O)O)c1. The second-order valence-corrected chi connectivity index (χ2v) is 7.49. The highest BCUT2D eigenvalue weighted by atomic mass is 35.5. The van der Waals surface area contributed by atoms with Crippen LogP contribution in [0.2, 0.25) is 10.0 Å². The van der Waals surface area contributed by atoms with Gasteiger partial charge in [-0.3, -0.25) is 4.79 Å². The zero-order valence-electron chi connectivity index (χ0n) is 15.7. The predicted molar refractivity (Wildman–Crippen MR) is 117 cm³/mol. The summed E-state index contributed by atoms with van der Waals surface area (Å²) in [6.45, 7) is 1.97. The highest BCUT2D eigenvalue weighted by Gasteiger charge is 2.15. The van der Waals surface area contributed by atoms with Gasteiger partial charge in [-0.25, -0.2) is 4.79 Å². The summed E-state index contributed by atoms with van der Waals surface area (Å²) >= 11 is 11.9. The van der Waals surface area contributed by atoms with E-state index in [2.05, 4.69) is 5.32 Å². The number of carbonyl (C=O) groups excluding carboxylic acids is 1. The summed E-state index contributed by atoms with van der Waals surface area (Å²) in [7, 11) is 0. The molecule has 0 aliphatic rings. The molecule has 0 atom stereocenters. The first-order valence-corrected chi connectivity index (χ1v) is 9.78. The van der Waals surface area contributed by atoms with Gasteiger partial charge in [-0.05, 0) is 59.9 Å². The van der Waals surface area contributed by atoms with Crippen LogP contribution in [-0.2, 0) is 11.2 Å². The minimum atomic E-state index is -1.10. The largest absolute Gasteiger partial charge is 0.478 e. The van der Waals surface area contributed by atoms with Crippen LogP contribution in [-0.4, -0.2) is 17.0 Å². The molecule has 3 rings (SSSR count). The van der Waals surface area contributed by atoms with Gasteiger partial charge in [-0.1, -0.05) is 59.6 Å². The molecule has 0 fully saturated rings. The number of hydrogen-bond donors (Lipinski definition) is 2. The quantitative estimate of drug-likeness (QED) is 0.489. The smallest absolute Gasteiger partial charge is 0.337 e. The number of carboxylic acid groups (broad SMARTS) is 1. The Hall–Kier alpha value is -2.82. The molecule has 0 spiro atoms. The monoisotopic (exact) mass is 427 g/mol. The van der Waals surface area contributed by atoms with Gasteiger partial charge >= 0.3 is 5.97 Å². The molecule has 0 saturated heterocycles. The van der Waals surface area contributed by atoms with Gasteiger partial charge in [0.05, 0.1) is 21.3 Å². The van der Waals surface area contributed by atoms with E-state index in [1.165, 1.54) is 0 Å². The second-order valence-electron chi connectivity index (χ2n) is 6.68. The van der Waals surface area contributed by atoms with Gasteiger partial charge in [0.2, 0.25) is 5.91 Å². The van der Waals surface area contributed by atoms with Crippen molar-refractivity contribution in [3.05, 3.63) is 87.4 Å². The predicted octanol–water partition coefficient (Wildman–Crippen LogP) is 6.24. The fourth-order valence-corrected chi connectivity index (χ4v) is 3.38. The summed E-state index contributed by atoms with van der Waals surface area (Å²) in [5, 5.41) is 13.2. The van der Waals surface area contributed by atoms with Crippen molar-refractivity contribution in [1.82, 2.24) is 0 Å². The molecule has 1 amide bonds. The molecule has 0 aliphatic carbocycles. The van der Waals surface area contributed by atoms with E-state index in [1.54, 1.807) is 30.3 Å². The third kappa shape index (κ3) is 5.17. The van der Waals surface area contributed by atoms with Gasteiger partial charge in [-0.15, -0.1) is 0 Å². The van der Waals surface area contributed by atoms with E-state index in [0.717, 1.165) is 22.3 Å². The van der Waals surface area contributed by atoms with Gasteiger partial charge < -0.3 is 10.4 Å². The van der Waals surface area contributed by atoms with Crippen molar-refractivity contribution < 1.29 is 14.7 Å². The van der Waals surface area contributed by atoms with Crippen molar-refractivity contribution in [3.8, 4) is 11.1 Å². The number of hydrogen-bond acceptors (Lipinski definition) is 2. The van der Waals surface area contributed by atoms with Gasteiger partial charge in [0.1, 0.15) is 0 Å². The van der Waals surface area contributed by atoms with E-state index in [1.807, 2.05) is 37.3 Å². The van der Waals surface area contributed by atoms with Gasteiger partial charge in [0.25, 0.3) is 0 Å². The van der Waals surface area contributed by atoms with Crippen molar-refractivity contribution >= 4 is 40.8 Å². The van der Waals surface area contributed by atoms with Crippen molar-refractivity contribution in [3.63, 3.8) is 0 Å². The summed E-state index contributed by atoms with van der Waals surface area (Å²) in [5.74, 6) is -1.37. The Morgan fingerprint density at radius 3 is 2.41 bits per heavy atom. The first kappa shape index (κ1) is 20.9. The molecule has 3 aromatic carbocycles. The van der Waals surface area contributed by atoms with Crippen molar-refractivity contribution in [2.45, 2.75) is 19.8 Å². The molecule has 29 heavy (non-hydrogen) atoms. The number of nitrogens with one attached hydrogen (secondary N) is 1. The van der Waals surface area contributed by atoms with E-state index in [0.29, 0.717) is 16.5 Å². The third-order valence-electron chi connectivity index (χ3n) is 4.60. The molecule has 0 bridgehead atoms. The zero-order valence-corrected chi connectivity index (χ0v) is 17.2. The number of halogens is 2. The number of benzene rings is 3. The number of carbonyl (C=O) groups is 2. The average Bonchev–Trinajstić information content (AvgIpc) is 2.69. The molecule has 148 valence electrons. The van der Waals surface area contributed by atoms with Crippen LogP contribution in [0.3, 0.4) is 0 Å². The van der Waals surface area contributed by atoms with E-state index in [9.17, 15) is 14.7 Å². The van der Waals surface area contributed by atoms with Gasteiger partial charge in [0, 0.05) is 6.42 Å². The highest BCUT2D eigenvalue weighted by molar-refractivity contribution is 6.42. The van der Waals surface area contributed by atoms with Crippen LogP contribution in [0.1, 0.15) is 27.9 Å². The van der Waals surface area contributed by atoms with Crippen LogP contribution < -0.4 is 5.32 Å². The Balaban J connectivity index is 1.76. The molecule has 0 aromatic heterocycles. The maximum Gasteiger partial charge on any atom is 0.337 e. The molecular weight excluding hydrogens is 409 g/mol. The molecular formula is C23H19Cl2NO3. The standard InChI is InChI=1S/C23H19Cl2NO3/c1-14-4-2-3-5-17(14)16-8-10-21(18(13-16)23(28)29)26-22(27)11-7-15-6-9-19(24)20(25)12-15/h2-6,8-10,12-13H,7,11H2,1H3,(H,26,27)(H,28,29). The highest BCUT2D eigenvalue weighted by Crippen LogP contribution is 2.28. The minimum absolute atomic E-state index is 0.0497. The molecule has 6 heteroatoms. The Morgan fingerprint density at radius 2 is 1.72 bits per heavy atom. The topological polar surface area (TPSA) is 66.4 Å². The van der Waals surface area contributed by atoms with E-state index >= 15 is 0 Å². The molecule has 0 radical (unpaired) electrons. The average molecular weight is 428 g/mol. The maximum atomic E-state index is 12.4. The molecule has 4 nitrogen and oxygen atoms in total. The fourth-order valence-electron chi connectivity index (χ4n) is 3.06. The molecule has 0 saturated carbocycles. The van der Waals surface area contributed by atoms with Crippen molar-refractivity contribution in [2.75, 3.05) is 5.32 Å². The van der Waals surface area contributed by atoms with Crippen LogP contribution in [0.4, 0.5) is 5.69 Å². The number of anilines is 1. The van der Waals surface area contributed by atoms with Crippen LogP contribution in [0, 0.1) is 6.92 Å². The normalized spacial score (nSPS) is 10.6. The minimum Gasteiger partial charge on any atom is -0.478 e. The summed E-state index contributed by atoms with van der Waals surface area (Å²) in [6.07, 6.45) is 0.656. The zero-order chi connectivity index (χ0) is 21.0. The van der Waals surface area contributed by atoms with Crippen LogP contribution >= 0.6 is 23.2 Å². The molecule has 0 heterocycles. The summed E-state index contributed by atoms with van der Waals surface area (Å²) in [6, 6.07) is 18.0. The molecule has 0 unspecified atom stereocenters. The number of rotatable bonds is 6. The Kier molecular flexibility index (Phi) is 6.57. The van der Waals surface area contributed by atoms with E-state index in [4.69, 9.17) is 23.2 Å². The van der Waals surface area contributed by atoms with Crippen LogP contribution in [0.15, 0.2) is 60.7 Å². The van der Waals surface area contributed by atoms with E-state index in [-0.39, 0.29) is 23.6 Å². The second kappa shape index (κ2) is 9.12. The third-order valence-corrected chi connectivity index (χ3v) is 5.34. The van der Waals surface area contributed by atoms with E-state index < -0.39 is 5.97 Å².